The lowest BCUT2D eigenvalue weighted by molar-refractivity contribution is 0.604. The Morgan fingerprint density at radius 3 is 1.14 bits per heavy atom. The van der Waals surface area contributed by atoms with Crippen molar-refractivity contribution in [3.8, 4) is 0 Å². The van der Waals surface area contributed by atoms with Gasteiger partial charge in [0, 0.05) is 75.3 Å². The minimum absolute atomic E-state index is 0.0397. The first kappa shape index (κ1) is 48.3. The molecule has 0 saturated heterocycles. The number of anilines is 10. The van der Waals surface area contributed by atoms with Crippen molar-refractivity contribution in [2.45, 2.75) is 60.0 Å². The van der Waals surface area contributed by atoms with Gasteiger partial charge < -0.3 is 56.8 Å². The minimum Gasteiger partial charge on any atom is -0.423 e. The van der Waals surface area contributed by atoms with Crippen molar-refractivity contribution in [2.75, 3.05) is 78.7 Å². The van der Waals surface area contributed by atoms with E-state index < -0.39 is 6.98 Å². The van der Waals surface area contributed by atoms with Gasteiger partial charge in [-0.25, -0.2) is 15.0 Å². The van der Waals surface area contributed by atoms with Gasteiger partial charge in [0.15, 0.2) is 17.7 Å². The molecule has 3 atom stereocenters. The Bertz CT molecular complexity index is 4380. The van der Waals surface area contributed by atoms with Crippen LogP contribution in [0, 0.1) is 0 Å². The highest BCUT2D eigenvalue weighted by Gasteiger charge is 2.48. The maximum Gasteiger partial charge on any atom is 0.410 e. The van der Waals surface area contributed by atoms with Crippen molar-refractivity contribution >= 4 is 130 Å². The highest BCUT2D eigenvalue weighted by atomic mass is 16.4. The number of allylic oxidation sites excluding steroid dienone is 3. The molecule has 0 radical (unpaired) electrons. The Morgan fingerprint density at radius 1 is 0.398 bits per heavy atom. The van der Waals surface area contributed by atoms with E-state index in [1.165, 1.54) is 44.3 Å². The summed E-state index contributed by atoms with van der Waals surface area (Å²) in [6.45, 7) is 10.7. The Morgan fingerprint density at radius 2 is 0.735 bits per heavy atom. The van der Waals surface area contributed by atoms with Crippen LogP contribution < -0.4 is 43.6 Å². The molecule has 15 nitrogen and oxygen atoms in total. The van der Waals surface area contributed by atoms with E-state index >= 15 is 0 Å². The molecule has 0 saturated carbocycles. The second kappa shape index (κ2) is 19.9. The van der Waals surface area contributed by atoms with E-state index in [-0.39, 0.29) is 39.4 Å². The second-order valence-electron chi connectivity index (χ2n) is 22.4. The first-order valence-corrected chi connectivity index (χ1v) is 28.4. The number of hydrogen-bond donors (Lipinski definition) is 0. The molecular formula is C65H65B3N12O3. The van der Waals surface area contributed by atoms with E-state index in [9.17, 15) is 0 Å². The van der Waals surface area contributed by atoms with Gasteiger partial charge in [-0.3, -0.25) is 0 Å². The van der Waals surface area contributed by atoms with Crippen LogP contribution in [0.2, 0.25) is 0 Å². The molecule has 0 fully saturated rings. The zero-order valence-corrected chi connectivity index (χ0v) is 48.3. The van der Waals surface area contributed by atoms with Gasteiger partial charge in [0.2, 0.25) is 17.1 Å². The number of aromatic nitrogens is 3. The molecule has 0 unspecified atom stereocenters. The Kier molecular flexibility index (Phi) is 11.6. The van der Waals surface area contributed by atoms with Crippen molar-refractivity contribution in [1.29, 1.82) is 0 Å². The lowest BCUT2D eigenvalue weighted by Gasteiger charge is -2.40. The summed E-state index contributed by atoms with van der Waals surface area (Å²) >= 11 is 0. The number of benzene rings is 4. The predicted molar refractivity (Wildman–Crippen MR) is 346 cm³/mol. The number of para-hydroxylation sites is 7. The molecule has 0 spiro atoms. The van der Waals surface area contributed by atoms with E-state index in [1.54, 1.807) is 18.6 Å². The van der Waals surface area contributed by atoms with Gasteiger partial charge in [-0.15, -0.1) is 0 Å². The Hall–Kier alpha value is -9.44. The summed E-state index contributed by atoms with van der Waals surface area (Å²) in [6, 6.07) is 47.5. The van der Waals surface area contributed by atoms with E-state index in [1.807, 2.05) is 62.5 Å². The summed E-state index contributed by atoms with van der Waals surface area (Å²) < 4.78 is 42.6. The van der Waals surface area contributed by atoms with Gasteiger partial charge >= 0.3 is 20.9 Å². The molecule has 0 bridgehead atoms. The summed E-state index contributed by atoms with van der Waals surface area (Å²) in [6.07, 6.45) is 12.0. The average molecular weight is 1100 g/mol. The first-order chi connectivity index (χ1) is 41.5. The largest absolute Gasteiger partial charge is 0.423 e. The molecule has 10 aromatic rings. The normalized spacial score (nSPS) is 19.3. The van der Waals surface area contributed by atoms with Crippen molar-refractivity contribution < 1.29 is 17.4 Å². The third-order valence-corrected chi connectivity index (χ3v) is 17.6. The van der Waals surface area contributed by atoms with Crippen molar-refractivity contribution in [3.05, 3.63) is 191 Å². The third-order valence-electron chi connectivity index (χ3n) is 17.6. The first-order valence-electron chi connectivity index (χ1n) is 29.9. The number of pyridine rings is 3. The predicted octanol–water partition coefficient (Wildman–Crippen LogP) is 13.7. The van der Waals surface area contributed by atoms with Crippen LogP contribution in [0.25, 0.3) is 51.5 Å². The number of hydrogen-bond acceptors (Lipinski definition) is 15. The SMILES string of the molecule is CC1=Cc2c(oc3ncccc23)N(C)B1N1c2ccccc2N(C)[C@@H]1C.CC1=Cc2c(oc3ncccc23)N(C)B1N1c2ccccc2N(c2ccccc2)[C@@H]1C.[2H]C([2H])([2H])N1c2ccccc2N(B2C(C)=Cc3c(oc4ncccc34)N2C)[C@H]1C. The topological polar surface area (TPSA) is 107 Å². The number of fused-ring (bicyclic) bond motifs is 12. The van der Waals surface area contributed by atoms with Crippen LogP contribution in [0.15, 0.2) is 188 Å². The molecule has 83 heavy (non-hydrogen) atoms. The molecule has 0 N–H and O–H groups in total. The quantitative estimate of drug-likeness (QED) is 0.156. The molecule has 12 heterocycles. The smallest absolute Gasteiger partial charge is 0.410 e. The van der Waals surface area contributed by atoms with Crippen LogP contribution in [-0.4, -0.2) is 89.6 Å². The number of nitrogens with zero attached hydrogens (tertiary/aromatic N) is 12. The molecule has 6 aliphatic heterocycles. The summed E-state index contributed by atoms with van der Waals surface area (Å²) in [5.41, 5.74) is 16.7. The van der Waals surface area contributed by atoms with Crippen molar-refractivity contribution in [3.63, 3.8) is 0 Å². The van der Waals surface area contributed by atoms with Gasteiger partial charge in [0.1, 0.15) is 0 Å². The molecule has 18 heteroatoms. The van der Waals surface area contributed by atoms with Crippen LogP contribution in [0.1, 0.15) is 62.3 Å². The van der Waals surface area contributed by atoms with Gasteiger partial charge in [-0.05, 0) is 148 Å². The van der Waals surface area contributed by atoms with Crippen LogP contribution >= 0.6 is 0 Å². The second-order valence-corrected chi connectivity index (χ2v) is 22.4. The molecule has 0 aliphatic carbocycles. The minimum atomic E-state index is -2.23. The highest BCUT2D eigenvalue weighted by molar-refractivity contribution is 6.77. The Balaban J connectivity index is 0.000000114. The maximum atomic E-state index is 8.06. The van der Waals surface area contributed by atoms with Crippen LogP contribution in [0.3, 0.4) is 0 Å². The highest BCUT2D eigenvalue weighted by Crippen LogP contribution is 2.50. The molecule has 6 aliphatic rings. The number of rotatable bonds is 4. The molecule has 0 amide bonds. The zero-order chi connectivity index (χ0) is 59.6. The third kappa shape index (κ3) is 8.00. The fourth-order valence-electron chi connectivity index (χ4n) is 13.7. The lowest BCUT2D eigenvalue weighted by atomic mass is 9.61. The molecule has 16 rings (SSSR count). The van der Waals surface area contributed by atoms with E-state index in [2.05, 4.69) is 219 Å². The zero-order valence-electron chi connectivity index (χ0n) is 51.3. The standard InChI is InChI=1S/C25H23BN4O.2C20H21BN4O/c1-17-16-21-20-12-9-15-27-24(20)31-25(21)28(3)26(17)30-18(2)29(19-10-5-4-6-11-19)22-13-7-8-14-23(22)30;2*1-13-12-16-15-8-7-11-22-19(15)26-20(16)24(4)21(13)25-14(2)23(3)17-9-5-6-10-18(17)25/h4-16,18H,1-3H3;2*5-12,14H,1-4H3/t18-;2*14-/m000/s1/i;3D3;. The molecule has 6 aromatic heterocycles. The Labute approximate surface area is 490 Å². The van der Waals surface area contributed by atoms with Gasteiger partial charge in [-0.2, -0.15) is 0 Å². The van der Waals surface area contributed by atoms with E-state index in [4.69, 9.17) is 17.4 Å². The maximum absolute atomic E-state index is 8.06. The van der Waals surface area contributed by atoms with Gasteiger partial charge in [0.25, 0.3) is 0 Å². The van der Waals surface area contributed by atoms with Gasteiger partial charge in [-0.1, -0.05) is 89.2 Å². The summed E-state index contributed by atoms with van der Waals surface area (Å²) in [5.74, 6) is 2.49. The van der Waals surface area contributed by atoms with E-state index in [0.29, 0.717) is 17.1 Å². The van der Waals surface area contributed by atoms with Crippen molar-refractivity contribution in [1.82, 2.24) is 15.0 Å². The lowest BCUT2D eigenvalue weighted by Crippen LogP contribution is -2.58. The molecule has 412 valence electrons. The summed E-state index contributed by atoms with van der Waals surface area (Å²) in [7, 11) is 8.36. The number of furan rings is 3. The fraction of sp³-hybridized carbons (Fsp3) is 0.215. The summed E-state index contributed by atoms with van der Waals surface area (Å²) in [4.78, 5) is 33.1. The van der Waals surface area contributed by atoms with Crippen LogP contribution in [0.5, 0.6) is 0 Å². The fourth-order valence-corrected chi connectivity index (χ4v) is 13.7. The average Bonchev–Trinajstić information content (AvgIpc) is 1.86. The molecule has 4 aromatic carbocycles. The van der Waals surface area contributed by atoms with Crippen LogP contribution in [-0.2, 0) is 0 Å². The van der Waals surface area contributed by atoms with Gasteiger partial charge in [0.05, 0.1) is 52.6 Å². The van der Waals surface area contributed by atoms with E-state index in [0.717, 1.165) is 67.3 Å². The monoisotopic (exact) mass is 1100 g/mol. The summed E-state index contributed by atoms with van der Waals surface area (Å²) in [5, 5.41) is 3.10. The van der Waals surface area contributed by atoms with Crippen LogP contribution in [0.4, 0.5) is 57.5 Å². The molecular weight excluding hydrogens is 1030 g/mol. The van der Waals surface area contributed by atoms with Crippen molar-refractivity contribution in [2.24, 2.45) is 0 Å².